The predicted octanol–water partition coefficient (Wildman–Crippen LogP) is 3.82. The van der Waals surface area contributed by atoms with Crippen LogP contribution in [0.4, 0.5) is 5.69 Å². The van der Waals surface area contributed by atoms with Gasteiger partial charge < -0.3 is 9.80 Å². The van der Waals surface area contributed by atoms with Gasteiger partial charge >= 0.3 is 0 Å². The molecule has 1 aromatic heterocycles. The number of anilines is 1. The van der Waals surface area contributed by atoms with Crippen LogP contribution in [-0.2, 0) is 4.79 Å². The van der Waals surface area contributed by atoms with Gasteiger partial charge in [-0.05, 0) is 55.3 Å². The quantitative estimate of drug-likeness (QED) is 0.700. The molecule has 1 aliphatic heterocycles. The van der Waals surface area contributed by atoms with E-state index >= 15 is 0 Å². The van der Waals surface area contributed by atoms with E-state index in [2.05, 4.69) is 70.8 Å². The van der Waals surface area contributed by atoms with Crippen molar-refractivity contribution in [3.63, 3.8) is 0 Å². The van der Waals surface area contributed by atoms with Gasteiger partial charge in [-0.1, -0.05) is 12.1 Å². The van der Waals surface area contributed by atoms with Gasteiger partial charge in [0.1, 0.15) is 5.82 Å². The average molecular weight is 374 g/mol. The van der Waals surface area contributed by atoms with E-state index in [4.69, 9.17) is 0 Å². The highest BCUT2D eigenvalue weighted by Gasteiger charge is 2.19. The van der Waals surface area contributed by atoms with Crippen LogP contribution in [0.3, 0.4) is 0 Å². The molecule has 3 aromatic rings. The van der Waals surface area contributed by atoms with Crippen LogP contribution in [0.15, 0.2) is 54.9 Å². The Kier molecular flexibility index (Phi) is 4.90. The fraction of sp³-hybridized carbons (Fsp3) is 0.304. The predicted molar refractivity (Wildman–Crippen MR) is 113 cm³/mol. The molecule has 2 heterocycles. The van der Waals surface area contributed by atoms with E-state index in [-0.39, 0.29) is 5.91 Å². The molecule has 0 N–H and O–H groups in total. The van der Waals surface area contributed by atoms with Crippen LogP contribution in [0.25, 0.3) is 17.1 Å². The molecule has 1 amide bonds. The Bertz CT molecular complexity index is 982. The Morgan fingerprint density at radius 1 is 0.893 bits per heavy atom. The zero-order valence-corrected chi connectivity index (χ0v) is 16.7. The molecule has 28 heavy (non-hydrogen) atoms. The largest absolute Gasteiger partial charge is 0.368 e. The summed E-state index contributed by atoms with van der Waals surface area (Å²) in [7, 11) is 0. The minimum absolute atomic E-state index is 0.161. The van der Waals surface area contributed by atoms with Crippen LogP contribution in [0.5, 0.6) is 0 Å². The number of carbonyl (C=O) groups excluding carboxylic acids is 1. The van der Waals surface area contributed by atoms with Gasteiger partial charge in [0.05, 0.1) is 0 Å². The fourth-order valence-corrected chi connectivity index (χ4v) is 3.71. The molecular formula is C23H26N4O. The monoisotopic (exact) mass is 374 g/mol. The first-order valence-corrected chi connectivity index (χ1v) is 9.75. The highest BCUT2D eigenvalue weighted by atomic mass is 16.2. The van der Waals surface area contributed by atoms with Gasteiger partial charge in [0.2, 0.25) is 5.91 Å². The van der Waals surface area contributed by atoms with Crippen LogP contribution >= 0.6 is 0 Å². The first-order valence-electron chi connectivity index (χ1n) is 9.75. The highest BCUT2D eigenvalue weighted by Crippen LogP contribution is 2.25. The van der Waals surface area contributed by atoms with Crippen molar-refractivity contribution in [2.45, 2.75) is 20.8 Å². The van der Waals surface area contributed by atoms with Crippen molar-refractivity contribution in [3.8, 4) is 17.1 Å². The van der Waals surface area contributed by atoms with E-state index in [1.54, 1.807) is 6.92 Å². The van der Waals surface area contributed by atoms with Crippen molar-refractivity contribution in [1.29, 1.82) is 0 Å². The van der Waals surface area contributed by atoms with E-state index < -0.39 is 0 Å². The lowest BCUT2D eigenvalue weighted by molar-refractivity contribution is -0.129. The third kappa shape index (κ3) is 3.52. The summed E-state index contributed by atoms with van der Waals surface area (Å²) in [6, 6.07) is 15.1. The molecule has 0 unspecified atom stereocenters. The summed E-state index contributed by atoms with van der Waals surface area (Å²) in [5.41, 5.74) is 5.97. The van der Waals surface area contributed by atoms with Crippen LogP contribution in [0.1, 0.15) is 18.1 Å². The van der Waals surface area contributed by atoms with Crippen molar-refractivity contribution in [2.75, 3.05) is 31.1 Å². The number of benzene rings is 2. The number of nitrogens with zero attached hydrogens (tertiary/aromatic N) is 4. The van der Waals surface area contributed by atoms with Gasteiger partial charge in [0, 0.05) is 62.4 Å². The first kappa shape index (κ1) is 18.3. The molecule has 5 heteroatoms. The Morgan fingerprint density at radius 3 is 2.21 bits per heavy atom. The molecule has 144 valence electrons. The van der Waals surface area contributed by atoms with Crippen molar-refractivity contribution < 1.29 is 4.79 Å². The molecule has 0 atom stereocenters. The minimum atomic E-state index is 0.161. The summed E-state index contributed by atoms with van der Waals surface area (Å²) in [6.07, 6.45) is 3.85. The Hall–Kier alpha value is -3.08. The molecule has 0 aliphatic carbocycles. The minimum Gasteiger partial charge on any atom is -0.368 e. The molecule has 5 nitrogen and oxygen atoms in total. The van der Waals surface area contributed by atoms with Gasteiger partial charge in [-0.3, -0.25) is 9.36 Å². The fourth-order valence-electron chi connectivity index (χ4n) is 3.71. The number of hydrogen-bond acceptors (Lipinski definition) is 3. The molecule has 0 bridgehead atoms. The molecule has 1 fully saturated rings. The third-order valence-electron chi connectivity index (χ3n) is 5.62. The standard InChI is InChI=1S/C23H26N4O/c1-17-4-5-20(16-18(17)2)23-24-10-11-27(23)22-8-6-21(7-9-22)26-14-12-25(13-15-26)19(3)28/h4-11,16H,12-15H2,1-3H3. The third-order valence-corrected chi connectivity index (χ3v) is 5.62. The number of rotatable bonds is 3. The van der Waals surface area contributed by atoms with E-state index in [0.717, 1.165) is 43.3 Å². The van der Waals surface area contributed by atoms with E-state index in [9.17, 15) is 4.79 Å². The van der Waals surface area contributed by atoms with E-state index in [0.29, 0.717) is 0 Å². The Morgan fingerprint density at radius 2 is 1.57 bits per heavy atom. The molecule has 1 saturated heterocycles. The second-order valence-electron chi connectivity index (χ2n) is 7.43. The second-order valence-corrected chi connectivity index (χ2v) is 7.43. The van der Waals surface area contributed by atoms with Crippen molar-refractivity contribution in [1.82, 2.24) is 14.5 Å². The number of aryl methyl sites for hydroxylation is 2. The molecular weight excluding hydrogens is 348 g/mol. The summed E-state index contributed by atoms with van der Waals surface area (Å²) >= 11 is 0. The summed E-state index contributed by atoms with van der Waals surface area (Å²) in [5, 5.41) is 0. The second kappa shape index (κ2) is 7.50. The maximum Gasteiger partial charge on any atom is 0.219 e. The van der Waals surface area contributed by atoms with Crippen LogP contribution < -0.4 is 4.90 Å². The SMILES string of the molecule is CC(=O)N1CCN(c2ccc(-n3ccnc3-c3ccc(C)c(C)c3)cc2)CC1. The smallest absolute Gasteiger partial charge is 0.219 e. The molecule has 0 saturated carbocycles. The zero-order chi connectivity index (χ0) is 19.7. The molecule has 0 radical (unpaired) electrons. The molecule has 1 aliphatic rings. The number of aromatic nitrogens is 2. The van der Waals surface area contributed by atoms with Gasteiger partial charge in [0.15, 0.2) is 0 Å². The maximum absolute atomic E-state index is 11.5. The molecule has 2 aromatic carbocycles. The maximum atomic E-state index is 11.5. The summed E-state index contributed by atoms with van der Waals surface area (Å²) in [4.78, 5) is 20.3. The summed E-state index contributed by atoms with van der Waals surface area (Å²) in [5.74, 6) is 1.11. The van der Waals surface area contributed by atoms with Crippen molar-refractivity contribution >= 4 is 11.6 Å². The number of carbonyl (C=O) groups is 1. The lowest BCUT2D eigenvalue weighted by atomic mass is 10.1. The van der Waals surface area contributed by atoms with E-state index in [1.165, 1.54) is 16.8 Å². The van der Waals surface area contributed by atoms with Crippen LogP contribution in [0, 0.1) is 13.8 Å². The number of hydrogen-bond donors (Lipinski definition) is 0. The number of imidazole rings is 1. The summed E-state index contributed by atoms with van der Waals surface area (Å²) in [6.45, 7) is 9.22. The highest BCUT2D eigenvalue weighted by molar-refractivity contribution is 5.73. The van der Waals surface area contributed by atoms with Crippen molar-refractivity contribution in [2.24, 2.45) is 0 Å². The van der Waals surface area contributed by atoms with Gasteiger partial charge in [-0.25, -0.2) is 4.98 Å². The molecule has 4 rings (SSSR count). The van der Waals surface area contributed by atoms with Gasteiger partial charge in [-0.15, -0.1) is 0 Å². The number of piperazine rings is 1. The average Bonchev–Trinajstić information content (AvgIpc) is 3.20. The lowest BCUT2D eigenvalue weighted by Gasteiger charge is -2.35. The summed E-state index contributed by atoms with van der Waals surface area (Å²) < 4.78 is 2.13. The first-order chi connectivity index (χ1) is 13.5. The van der Waals surface area contributed by atoms with Crippen LogP contribution in [-0.4, -0.2) is 46.5 Å². The Labute approximate surface area is 166 Å². The molecule has 0 spiro atoms. The normalized spacial score (nSPS) is 14.4. The van der Waals surface area contributed by atoms with Crippen LogP contribution in [0.2, 0.25) is 0 Å². The zero-order valence-electron chi connectivity index (χ0n) is 16.7. The Balaban J connectivity index is 1.55. The van der Waals surface area contributed by atoms with Crippen molar-refractivity contribution in [3.05, 3.63) is 66.0 Å². The van der Waals surface area contributed by atoms with Gasteiger partial charge in [-0.2, -0.15) is 0 Å². The van der Waals surface area contributed by atoms with Gasteiger partial charge in [0.25, 0.3) is 0 Å². The number of amides is 1. The lowest BCUT2D eigenvalue weighted by Crippen LogP contribution is -2.48. The topological polar surface area (TPSA) is 41.4 Å². The van der Waals surface area contributed by atoms with E-state index in [1.807, 2.05) is 17.3 Å².